The highest BCUT2D eigenvalue weighted by atomic mass is 15.2. The van der Waals surface area contributed by atoms with Crippen molar-refractivity contribution >= 4 is 5.69 Å². The van der Waals surface area contributed by atoms with E-state index in [1.54, 1.807) is 0 Å². The van der Waals surface area contributed by atoms with E-state index in [0.29, 0.717) is 6.04 Å². The molecule has 2 aromatic rings. The molecule has 1 heterocycles. The second kappa shape index (κ2) is 3.67. The molecule has 0 fully saturated rings. The molecule has 0 N–H and O–H groups in total. The Balaban J connectivity index is 1.99. The van der Waals surface area contributed by atoms with Crippen molar-refractivity contribution in [1.82, 2.24) is 0 Å². The number of fused-ring (bicyclic) bond motifs is 1. The van der Waals surface area contributed by atoms with Crippen LogP contribution in [-0.2, 0) is 6.42 Å². The van der Waals surface area contributed by atoms with Crippen molar-refractivity contribution in [2.45, 2.75) is 12.5 Å². The zero-order chi connectivity index (χ0) is 11.0. The van der Waals surface area contributed by atoms with Crippen LogP contribution < -0.4 is 4.90 Å². The maximum absolute atomic E-state index is 2.38. The van der Waals surface area contributed by atoms with Crippen LogP contribution in [0.3, 0.4) is 0 Å². The molecule has 1 aliphatic rings. The van der Waals surface area contributed by atoms with E-state index in [1.165, 1.54) is 16.8 Å². The summed E-state index contributed by atoms with van der Waals surface area (Å²) >= 11 is 0. The topological polar surface area (TPSA) is 3.24 Å². The van der Waals surface area contributed by atoms with Gasteiger partial charge in [0, 0.05) is 12.7 Å². The van der Waals surface area contributed by atoms with Gasteiger partial charge in [0.1, 0.15) is 0 Å². The van der Waals surface area contributed by atoms with Gasteiger partial charge in [0.05, 0.1) is 6.04 Å². The number of nitrogens with zero attached hydrogens (tertiary/aromatic N) is 1. The number of hydrogen-bond acceptors (Lipinski definition) is 1. The molecular formula is C15H15N. The number of likely N-dealkylation sites (N-methyl/N-ethyl adjacent to an activating group) is 1. The van der Waals surface area contributed by atoms with Gasteiger partial charge in [-0.1, -0.05) is 48.5 Å². The first kappa shape index (κ1) is 9.46. The van der Waals surface area contributed by atoms with Gasteiger partial charge in [0.25, 0.3) is 0 Å². The summed E-state index contributed by atoms with van der Waals surface area (Å²) in [5.41, 5.74) is 4.23. The highest BCUT2D eigenvalue weighted by molar-refractivity contribution is 5.60. The van der Waals surface area contributed by atoms with Crippen LogP contribution in [0.25, 0.3) is 0 Å². The fourth-order valence-corrected chi connectivity index (χ4v) is 2.56. The number of anilines is 1. The zero-order valence-electron chi connectivity index (χ0n) is 9.43. The standard InChI is InChI=1S/C15H15N/c1-16-14-10-6-5-9-13(14)11-15(16)12-7-3-2-4-8-12/h2-10,15H,11H2,1H3. The Morgan fingerprint density at radius 1 is 0.938 bits per heavy atom. The van der Waals surface area contributed by atoms with Crippen molar-refractivity contribution < 1.29 is 0 Å². The quantitative estimate of drug-likeness (QED) is 0.695. The first-order valence-electron chi connectivity index (χ1n) is 5.72. The van der Waals surface area contributed by atoms with E-state index in [4.69, 9.17) is 0 Å². The molecule has 1 aliphatic heterocycles. The van der Waals surface area contributed by atoms with Crippen LogP contribution in [0.5, 0.6) is 0 Å². The van der Waals surface area contributed by atoms with Crippen molar-refractivity contribution in [2.24, 2.45) is 0 Å². The average molecular weight is 209 g/mol. The second-order valence-electron chi connectivity index (χ2n) is 4.37. The van der Waals surface area contributed by atoms with E-state index in [9.17, 15) is 0 Å². The fourth-order valence-electron chi connectivity index (χ4n) is 2.56. The molecule has 1 nitrogen and oxygen atoms in total. The predicted octanol–water partition coefficient (Wildman–Crippen LogP) is 3.42. The lowest BCUT2D eigenvalue weighted by Gasteiger charge is -2.22. The summed E-state index contributed by atoms with van der Waals surface area (Å²) in [5, 5.41) is 0. The number of hydrogen-bond donors (Lipinski definition) is 0. The largest absolute Gasteiger partial charge is 0.367 e. The second-order valence-corrected chi connectivity index (χ2v) is 4.37. The highest BCUT2D eigenvalue weighted by Crippen LogP contribution is 2.38. The Bertz CT molecular complexity index is 490. The molecule has 0 radical (unpaired) electrons. The minimum absolute atomic E-state index is 0.499. The maximum atomic E-state index is 2.38. The zero-order valence-corrected chi connectivity index (χ0v) is 9.43. The van der Waals surface area contributed by atoms with Crippen LogP contribution in [0.2, 0.25) is 0 Å². The minimum Gasteiger partial charge on any atom is -0.367 e. The van der Waals surface area contributed by atoms with E-state index in [1.807, 2.05) is 0 Å². The molecule has 0 saturated carbocycles. The molecule has 0 amide bonds. The van der Waals surface area contributed by atoms with Crippen LogP contribution in [0, 0.1) is 0 Å². The molecule has 0 saturated heterocycles. The van der Waals surface area contributed by atoms with E-state index < -0.39 is 0 Å². The van der Waals surface area contributed by atoms with E-state index in [2.05, 4.69) is 66.5 Å². The van der Waals surface area contributed by atoms with Gasteiger partial charge in [-0.05, 0) is 23.6 Å². The van der Waals surface area contributed by atoms with Crippen molar-refractivity contribution in [1.29, 1.82) is 0 Å². The monoisotopic (exact) mass is 209 g/mol. The lowest BCUT2D eigenvalue weighted by Crippen LogP contribution is -2.19. The first-order chi connectivity index (χ1) is 7.86. The summed E-state index contributed by atoms with van der Waals surface area (Å²) in [6, 6.07) is 19.9. The van der Waals surface area contributed by atoms with Crippen molar-refractivity contribution in [3.8, 4) is 0 Å². The van der Waals surface area contributed by atoms with Gasteiger partial charge in [-0.3, -0.25) is 0 Å². The molecule has 0 aromatic heterocycles. The summed E-state index contributed by atoms with van der Waals surface area (Å²) in [6.45, 7) is 0. The van der Waals surface area contributed by atoms with Crippen LogP contribution in [0.15, 0.2) is 54.6 Å². The molecule has 1 unspecified atom stereocenters. The summed E-state index contributed by atoms with van der Waals surface area (Å²) < 4.78 is 0. The minimum atomic E-state index is 0.499. The van der Waals surface area contributed by atoms with Crippen LogP contribution in [-0.4, -0.2) is 7.05 Å². The molecule has 3 rings (SSSR count). The molecular weight excluding hydrogens is 194 g/mol. The third-order valence-corrected chi connectivity index (χ3v) is 3.44. The van der Waals surface area contributed by atoms with Crippen LogP contribution in [0.1, 0.15) is 17.2 Å². The van der Waals surface area contributed by atoms with Gasteiger partial charge in [-0.2, -0.15) is 0 Å². The summed E-state index contributed by atoms with van der Waals surface area (Å²) in [7, 11) is 2.18. The lowest BCUT2D eigenvalue weighted by molar-refractivity contribution is 0.716. The van der Waals surface area contributed by atoms with Crippen molar-refractivity contribution in [3.63, 3.8) is 0 Å². The molecule has 0 aliphatic carbocycles. The maximum Gasteiger partial charge on any atom is 0.0580 e. The third kappa shape index (κ3) is 1.40. The van der Waals surface area contributed by atoms with E-state index >= 15 is 0 Å². The molecule has 0 bridgehead atoms. The van der Waals surface area contributed by atoms with Crippen LogP contribution in [0.4, 0.5) is 5.69 Å². The van der Waals surface area contributed by atoms with E-state index in [-0.39, 0.29) is 0 Å². The number of rotatable bonds is 1. The normalized spacial score (nSPS) is 18.6. The Morgan fingerprint density at radius 2 is 1.62 bits per heavy atom. The Labute approximate surface area is 96.3 Å². The van der Waals surface area contributed by atoms with Crippen molar-refractivity contribution in [3.05, 3.63) is 65.7 Å². The number of para-hydroxylation sites is 1. The smallest absolute Gasteiger partial charge is 0.0580 e. The first-order valence-corrected chi connectivity index (χ1v) is 5.72. The average Bonchev–Trinajstić information content (AvgIpc) is 2.69. The van der Waals surface area contributed by atoms with E-state index in [0.717, 1.165) is 6.42 Å². The third-order valence-electron chi connectivity index (χ3n) is 3.44. The summed E-state index contributed by atoms with van der Waals surface area (Å²) in [5.74, 6) is 0. The molecule has 0 spiro atoms. The predicted molar refractivity (Wildman–Crippen MR) is 67.7 cm³/mol. The van der Waals surface area contributed by atoms with Gasteiger partial charge in [-0.25, -0.2) is 0 Å². The molecule has 80 valence electrons. The fraction of sp³-hybridized carbons (Fsp3) is 0.200. The molecule has 1 atom stereocenters. The van der Waals surface area contributed by atoms with Gasteiger partial charge in [0.2, 0.25) is 0 Å². The Kier molecular flexibility index (Phi) is 2.17. The van der Waals surface area contributed by atoms with Gasteiger partial charge in [-0.15, -0.1) is 0 Å². The SMILES string of the molecule is CN1c2ccccc2CC1c1ccccc1. The van der Waals surface area contributed by atoms with Crippen LogP contribution >= 0.6 is 0 Å². The van der Waals surface area contributed by atoms with Gasteiger partial charge < -0.3 is 4.90 Å². The molecule has 16 heavy (non-hydrogen) atoms. The van der Waals surface area contributed by atoms with Crippen molar-refractivity contribution in [2.75, 3.05) is 11.9 Å². The molecule has 2 aromatic carbocycles. The number of benzene rings is 2. The Morgan fingerprint density at radius 3 is 2.38 bits per heavy atom. The molecule has 1 heteroatoms. The Hall–Kier alpha value is -1.76. The van der Waals surface area contributed by atoms with Gasteiger partial charge >= 0.3 is 0 Å². The van der Waals surface area contributed by atoms with Gasteiger partial charge in [0.15, 0.2) is 0 Å². The summed E-state index contributed by atoms with van der Waals surface area (Å²) in [6.07, 6.45) is 1.12. The lowest BCUT2D eigenvalue weighted by atomic mass is 10.0. The highest BCUT2D eigenvalue weighted by Gasteiger charge is 2.26. The summed E-state index contributed by atoms with van der Waals surface area (Å²) in [4.78, 5) is 2.38.